The minimum atomic E-state index is -0.202. The molecule has 0 spiro atoms. The van der Waals surface area contributed by atoms with Crippen molar-refractivity contribution in [3.63, 3.8) is 0 Å². The zero-order chi connectivity index (χ0) is 20.2. The second kappa shape index (κ2) is 8.45. The fourth-order valence-corrected chi connectivity index (χ4v) is 4.06. The number of nitrogens with one attached hydrogen (secondary N) is 1. The first-order chi connectivity index (χ1) is 14.1. The van der Waals surface area contributed by atoms with Gasteiger partial charge in [0.25, 0.3) is 5.91 Å². The first kappa shape index (κ1) is 19.2. The lowest BCUT2D eigenvalue weighted by Crippen LogP contribution is -2.20. The van der Waals surface area contributed by atoms with Gasteiger partial charge in [-0.2, -0.15) is 0 Å². The van der Waals surface area contributed by atoms with Crippen LogP contribution in [0.4, 0.5) is 5.69 Å². The number of amides is 1. The summed E-state index contributed by atoms with van der Waals surface area (Å²) in [4.78, 5) is 17.2. The minimum Gasteiger partial charge on any atom is -0.484 e. The Bertz CT molecular complexity index is 1100. The number of ether oxygens (including phenoxy) is 1. The van der Waals surface area contributed by atoms with E-state index in [4.69, 9.17) is 9.72 Å². The number of fused-ring (bicyclic) bond motifs is 1. The maximum absolute atomic E-state index is 12.5. The highest BCUT2D eigenvalue weighted by atomic mass is 32.1. The molecule has 4 nitrogen and oxygen atoms in total. The van der Waals surface area contributed by atoms with E-state index in [2.05, 4.69) is 25.2 Å². The number of benzene rings is 3. The number of nitrogens with zero attached hydrogens (tertiary/aromatic N) is 1. The topological polar surface area (TPSA) is 51.2 Å². The molecule has 29 heavy (non-hydrogen) atoms. The number of aromatic nitrogens is 1. The van der Waals surface area contributed by atoms with Crippen molar-refractivity contribution in [2.45, 2.75) is 19.8 Å². The lowest BCUT2D eigenvalue weighted by Gasteiger charge is -2.11. The van der Waals surface area contributed by atoms with Crippen LogP contribution in [0.2, 0.25) is 0 Å². The van der Waals surface area contributed by atoms with Crippen LogP contribution in [-0.2, 0) is 4.79 Å². The van der Waals surface area contributed by atoms with Crippen molar-refractivity contribution in [1.82, 2.24) is 4.98 Å². The SMILES string of the molecule is CC(C)c1ccc(OCC(=O)Nc2ccccc2-c2nc3ccccc3s2)cc1. The van der Waals surface area contributed by atoms with Gasteiger partial charge < -0.3 is 10.1 Å². The lowest BCUT2D eigenvalue weighted by molar-refractivity contribution is -0.118. The van der Waals surface area contributed by atoms with Crippen molar-refractivity contribution in [2.75, 3.05) is 11.9 Å². The van der Waals surface area contributed by atoms with Gasteiger partial charge in [-0.1, -0.05) is 50.2 Å². The van der Waals surface area contributed by atoms with E-state index in [0.717, 1.165) is 26.5 Å². The summed E-state index contributed by atoms with van der Waals surface area (Å²) in [6, 6.07) is 23.6. The van der Waals surface area contributed by atoms with E-state index in [9.17, 15) is 4.79 Å². The normalized spacial score (nSPS) is 11.0. The Balaban J connectivity index is 1.46. The minimum absolute atomic E-state index is 0.0464. The van der Waals surface area contributed by atoms with Gasteiger partial charge in [-0.25, -0.2) is 4.98 Å². The van der Waals surface area contributed by atoms with Crippen LogP contribution in [0.1, 0.15) is 25.3 Å². The van der Waals surface area contributed by atoms with E-state index >= 15 is 0 Å². The number of hydrogen-bond acceptors (Lipinski definition) is 4. The van der Waals surface area contributed by atoms with Crippen molar-refractivity contribution >= 4 is 33.1 Å². The molecule has 0 saturated carbocycles. The second-order valence-corrected chi connectivity index (χ2v) is 8.12. The molecule has 146 valence electrons. The molecular weight excluding hydrogens is 380 g/mol. The molecule has 0 unspecified atom stereocenters. The number of carbonyl (C=O) groups is 1. The fourth-order valence-electron chi connectivity index (χ4n) is 3.05. The van der Waals surface area contributed by atoms with Crippen LogP contribution in [0.5, 0.6) is 5.75 Å². The molecule has 1 amide bonds. The molecule has 0 aliphatic rings. The third kappa shape index (κ3) is 4.46. The van der Waals surface area contributed by atoms with Crippen LogP contribution in [0.15, 0.2) is 72.8 Å². The van der Waals surface area contributed by atoms with E-state index < -0.39 is 0 Å². The highest BCUT2D eigenvalue weighted by Crippen LogP contribution is 2.34. The van der Waals surface area contributed by atoms with Crippen LogP contribution in [0.25, 0.3) is 20.8 Å². The van der Waals surface area contributed by atoms with E-state index in [1.165, 1.54) is 5.56 Å². The summed E-state index contributed by atoms with van der Waals surface area (Å²) in [5, 5.41) is 3.84. The molecule has 4 aromatic rings. The Morgan fingerprint density at radius 1 is 1.00 bits per heavy atom. The van der Waals surface area contributed by atoms with Gasteiger partial charge >= 0.3 is 0 Å². The largest absolute Gasteiger partial charge is 0.484 e. The van der Waals surface area contributed by atoms with Crippen LogP contribution in [0.3, 0.4) is 0 Å². The molecule has 5 heteroatoms. The Morgan fingerprint density at radius 3 is 2.48 bits per heavy atom. The van der Waals surface area contributed by atoms with Crippen LogP contribution in [0, 0.1) is 0 Å². The van der Waals surface area contributed by atoms with Gasteiger partial charge in [0, 0.05) is 5.56 Å². The average Bonchev–Trinajstić information content (AvgIpc) is 3.17. The van der Waals surface area contributed by atoms with Gasteiger partial charge in [0.1, 0.15) is 10.8 Å². The molecule has 0 radical (unpaired) electrons. The highest BCUT2D eigenvalue weighted by Gasteiger charge is 2.13. The lowest BCUT2D eigenvalue weighted by atomic mass is 10.0. The Kier molecular flexibility index (Phi) is 5.58. The number of anilines is 1. The Hall–Kier alpha value is -3.18. The summed E-state index contributed by atoms with van der Waals surface area (Å²) in [5.74, 6) is 0.946. The van der Waals surface area contributed by atoms with Crippen LogP contribution >= 0.6 is 11.3 Å². The summed E-state index contributed by atoms with van der Waals surface area (Å²) in [7, 11) is 0. The standard InChI is InChI=1S/C24H22N2O2S/c1-16(2)17-11-13-18(14-12-17)28-15-23(27)25-20-8-4-3-7-19(20)24-26-21-9-5-6-10-22(21)29-24/h3-14,16H,15H2,1-2H3,(H,25,27). The van der Waals surface area contributed by atoms with Gasteiger partial charge in [-0.15, -0.1) is 11.3 Å². The molecule has 3 aromatic carbocycles. The molecule has 0 atom stereocenters. The predicted octanol–water partition coefficient (Wildman–Crippen LogP) is 6.10. The predicted molar refractivity (Wildman–Crippen MR) is 120 cm³/mol. The zero-order valence-corrected chi connectivity index (χ0v) is 17.2. The first-order valence-electron chi connectivity index (χ1n) is 9.58. The molecule has 0 aliphatic heterocycles. The molecule has 1 aromatic heterocycles. The summed E-state index contributed by atoms with van der Waals surface area (Å²) in [6.45, 7) is 4.24. The smallest absolute Gasteiger partial charge is 0.262 e. The fraction of sp³-hybridized carbons (Fsp3) is 0.167. The number of carbonyl (C=O) groups excluding carboxylic acids is 1. The molecular formula is C24H22N2O2S. The molecule has 1 N–H and O–H groups in total. The monoisotopic (exact) mass is 402 g/mol. The van der Waals surface area contributed by atoms with Crippen molar-refractivity contribution in [2.24, 2.45) is 0 Å². The number of hydrogen-bond donors (Lipinski definition) is 1. The van der Waals surface area contributed by atoms with Crippen molar-refractivity contribution in [1.29, 1.82) is 0 Å². The summed E-state index contributed by atoms with van der Waals surface area (Å²) >= 11 is 1.61. The number of rotatable bonds is 6. The molecule has 4 rings (SSSR count). The third-order valence-electron chi connectivity index (χ3n) is 4.64. The molecule has 1 heterocycles. The molecule has 0 aliphatic carbocycles. The highest BCUT2D eigenvalue weighted by molar-refractivity contribution is 7.21. The quantitative estimate of drug-likeness (QED) is 0.424. The Morgan fingerprint density at radius 2 is 1.72 bits per heavy atom. The maximum Gasteiger partial charge on any atom is 0.262 e. The number of thiazole rings is 1. The van der Waals surface area contributed by atoms with Crippen molar-refractivity contribution < 1.29 is 9.53 Å². The van der Waals surface area contributed by atoms with Crippen molar-refractivity contribution in [3.8, 4) is 16.3 Å². The van der Waals surface area contributed by atoms with Gasteiger partial charge in [0.2, 0.25) is 0 Å². The maximum atomic E-state index is 12.5. The summed E-state index contributed by atoms with van der Waals surface area (Å²) in [6.07, 6.45) is 0. The summed E-state index contributed by atoms with van der Waals surface area (Å²) in [5.41, 5.74) is 3.84. The average molecular weight is 403 g/mol. The molecule has 0 bridgehead atoms. The van der Waals surface area contributed by atoms with Crippen LogP contribution in [-0.4, -0.2) is 17.5 Å². The van der Waals surface area contributed by atoms with E-state index in [-0.39, 0.29) is 12.5 Å². The number of para-hydroxylation sites is 2. The third-order valence-corrected chi connectivity index (χ3v) is 5.71. The van der Waals surface area contributed by atoms with E-state index in [1.807, 2.05) is 66.7 Å². The molecule has 0 fully saturated rings. The summed E-state index contributed by atoms with van der Waals surface area (Å²) < 4.78 is 6.77. The van der Waals surface area contributed by atoms with Crippen molar-refractivity contribution in [3.05, 3.63) is 78.4 Å². The van der Waals surface area contributed by atoms with Gasteiger partial charge in [0.05, 0.1) is 15.9 Å². The van der Waals surface area contributed by atoms with Crippen LogP contribution < -0.4 is 10.1 Å². The first-order valence-corrected chi connectivity index (χ1v) is 10.4. The Labute approximate surface area is 174 Å². The zero-order valence-electron chi connectivity index (χ0n) is 16.4. The molecule has 0 saturated heterocycles. The van der Waals surface area contributed by atoms with Gasteiger partial charge in [-0.3, -0.25) is 4.79 Å². The second-order valence-electron chi connectivity index (χ2n) is 7.09. The van der Waals surface area contributed by atoms with Gasteiger partial charge in [0.15, 0.2) is 6.61 Å². The van der Waals surface area contributed by atoms with Gasteiger partial charge in [-0.05, 0) is 47.9 Å². The van der Waals surface area contributed by atoms with E-state index in [1.54, 1.807) is 11.3 Å². The van der Waals surface area contributed by atoms with E-state index in [0.29, 0.717) is 11.7 Å².